The molecule has 0 aromatic heterocycles. The summed E-state index contributed by atoms with van der Waals surface area (Å²) in [4.78, 5) is 24.5. The molecule has 3 atom stereocenters. The fraction of sp³-hybridized carbons (Fsp3) is 0.304. The summed E-state index contributed by atoms with van der Waals surface area (Å²) >= 11 is 0. The molecule has 4 rings (SSSR count). The van der Waals surface area contributed by atoms with Gasteiger partial charge in [-0.3, -0.25) is 4.79 Å². The van der Waals surface area contributed by atoms with Crippen LogP contribution in [0.3, 0.4) is 0 Å². The summed E-state index contributed by atoms with van der Waals surface area (Å²) in [6.45, 7) is 0.0248. The lowest BCUT2D eigenvalue weighted by Gasteiger charge is -2.31. The van der Waals surface area contributed by atoms with Crippen molar-refractivity contribution >= 4 is 17.6 Å². The van der Waals surface area contributed by atoms with Crippen molar-refractivity contribution in [3.8, 4) is 11.5 Å². The largest absolute Gasteiger partial charge is 0.454 e. The third kappa shape index (κ3) is 5.80. The van der Waals surface area contributed by atoms with E-state index < -0.39 is 42.5 Å². The molecule has 180 valence electrons. The summed E-state index contributed by atoms with van der Waals surface area (Å²) in [6.07, 6.45) is 1.74. The number of hydrogen-bond acceptors (Lipinski definition) is 6. The quantitative estimate of drug-likeness (QED) is 0.456. The fourth-order valence-corrected chi connectivity index (χ4v) is 3.55. The first-order chi connectivity index (χ1) is 16.4. The second-order valence-corrected chi connectivity index (χ2v) is 7.70. The monoisotopic (exact) mass is 475 g/mol. The molecule has 4 N–H and O–H groups in total. The molecule has 9 nitrogen and oxygen atoms in total. The second kappa shape index (κ2) is 10.5. The number of aliphatic hydroxyl groups excluding tert-OH is 1. The molecule has 2 aliphatic heterocycles. The number of halogens is 2. The molecule has 3 amide bonds. The van der Waals surface area contributed by atoms with E-state index in [2.05, 4.69) is 16.0 Å². The molecule has 0 saturated carbocycles. The van der Waals surface area contributed by atoms with Crippen molar-refractivity contribution in [2.75, 3.05) is 18.7 Å². The van der Waals surface area contributed by atoms with E-state index in [1.54, 1.807) is 24.3 Å². The van der Waals surface area contributed by atoms with Crippen LogP contribution in [0.25, 0.3) is 0 Å². The Morgan fingerprint density at radius 3 is 2.71 bits per heavy atom. The predicted molar refractivity (Wildman–Crippen MR) is 116 cm³/mol. The highest BCUT2D eigenvalue weighted by Gasteiger charge is 2.29. The standard InChI is InChI=1S/C23H23F2N3O6/c24-14-2-4-16(25)18(8-14)28-23(31)27-17-5-3-15(34-21(17)11-29)9-22(30)26-10-13-1-6-19-20(7-13)33-12-32-19/h1-8,15,17,21,29H,9-12H2,(H,26,30)(H2,27,28,31)/t15-,17-,21+/m0/s1. The van der Waals surface area contributed by atoms with Crippen molar-refractivity contribution in [2.24, 2.45) is 0 Å². The molecular weight excluding hydrogens is 452 g/mol. The number of urea groups is 1. The molecule has 11 heteroatoms. The van der Waals surface area contributed by atoms with Gasteiger partial charge in [-0.1, -0.05) is 18.2 Å². The summed E-state index contributed by atoms with van der Waals surface area (Å²) in [5.41, 5.74) is 0.520. The second-order valence-electron chi connectivity index (χ2n) is 7.70. The minimum absolute atomic E-state index is 0.00493. The van der Waals surface area contributed by atoms with E-state index in [9.17, 15) is 23.5 Å². The number of rotatable bonds is 7. The minimum Gasteiger partial charge on any atom is -0.454 e. The van der Waals surface area contributed by atoms with Gasteiger partial charge in [-0.15, -0.1) is 0 Å². The molecule has 0 saturated heterocycles. The van der Waals surface area contributed by atoms with Crippen LogP contribution in [-0.2, 0) is 16.1 Å². The molecule has 2 aliphatic rings. The minimum atomic E-state index is -0.834. The molecule has 2 heterocycles. The van der Waals surface area contributed by atoms with Gasteiger partial charge in [0.05, 0.1) is 30.9 Å². The first-order valence-corrected chi connectivity index (χ1v) is 10.5. The number of fused-ring (bicyclic) bond motifs is 1. The Kier molecular flexibility index (Phi) is 7.24. The summed E-state index contributed by atoms with van der Waals surface area (Å²) in [6, 6.07) is 6.52. The highest BCUT2D eigenvalue weighted by atomic mass is 19.1. The lowest BCUT2D eigenvalue weighted by molar-refractivity contribution is -0.125. The van der Waals surface area contributed by atoms with Crippen molar-refractivity contribution in [3.63, 3.8) is 0 Å². The topological polar surface area (TPSA) is 118 Å². The van der Waals surface area contributed by atoms with Crippen LogP contribution in [0.2, 0.25) is 0 Å². The number of benzene rings is 2. The first kappa shape index (κ1) is 23.5. The lowest BCUT2D eigenvalue weighted by Crippen LogP contribution is -2.50. The zero-order valence-electron chi connectivity index (χ0n) is 17.9. The van der Waals surface area contributed by atoms with Gasteiger partial charge in [0.25, 0.3) is 0 Å². The van der Waals surface area contributed by atoms with Crippen LogP contribution in [0.1, 0.15) is 12.0 Å². The average Bonchev–Trinajstić information content (AvgIpc) is 3.29. The van der Waals surface area contributed by atoms with Crippen LogP contribution in [0, 0.1) is 11.6 Å². The zero-order valence-corrected chi connectivity index (χ0v) is 17.9. The maximum atomic E-state index is 13.7. The van der Waals surface area contributed by atoms with Gasteiger partial charge in [-0.05, 0) is 29.8 Å². The Morgan fingerprint density at radius 1 is 1.06 bits per heavy atom. The average molecular weight is 475 g/mol. The number of ether oxygens (including phenoxy) is 3. The summed E-state index contributed by atoms with van der Waals surface area (Å²) in [7, 11) is 0. The molecule has 0 bridgehead atoms. The van der Waals surface area contributed by atoms with E-state index in [1.165, 1.54) is 0 Å². The molecule has 0 spiro atoms. The van der Waals surface area contributed by atoms with Crippen molar-refractivity contribution in [1.82, 2.24) is 10.6 Å². The Morgan fingerprint density at radius 2 is 1.88 bits per heavy atom. The SMILES string of the molecule is O=C(C[C@@H]1C=C[C@H](NC(=O)Nc2cc(F)ccc2F)[C@@H](CO)O1)NCc1ccc2c(c1)OCO2. The van der Waals surface area contributed by atoms with Crippen LogP contribution in [0.15, 0.2) is 48.6 Å². The van der Waals surface area contributed by atoms with Gasteiger partial charge in [0.2, 0.25) is 12.7 Å². The van der Waals surface area contributed by atoms with Crippen LogP contribution in [0.4, 0.5) is 19.3 Å². The molecule has 0 aliphatic carbocycles. The van der Waals surface area contributed by atoms with Crippen molar-refractivity contribution in [2.45, 2.75) is 31.2 Å². The van der Waals surface area contributed by atoms with Gasteiger partial charge in [0, 0.05) is 12.6 Å². The van der Waals surface area contributed by atoms with E-state index in [4.69, 9.17) is 14.2 Å². The Bertz CT molecular complexity index is 1100. The number of hydrogen-bond donors (Lipinski definition) is 4. The van der Waals surface area contributed by atoms with Crippen LogP contribution >= 0.6 is 0 Å². The van der Waals surface area contributed by atoms with Gasteiger partial charge in [0.15, 0.2) is 11.5 Å². The van der Waals surface area contributed by atoms with Crippen LogP contribution in [0.5, 0.6) is 11.5 Å². The first-order valence-electron chi connectivity index (χ1n) is 10.5. The summed E-state index contributed by atoms with van der Waals surface area (Å²) in [5, 5.41) is 17.2. The molecular formula is C23H23F2N3O6. The van der Waals surface area contributed by atoms with Crippen molar-refractivity contribution in [1.29, 1.82) is 0 Å². The maximum Gasteiger partial charge on any atom is 0.319 e. The Labute approximate surface area is 193 Å². The van der Waals surface area contributed by atoms with E-state index in [0.717, 1.165) is 23.8 Å². The van der Waals surface area contributed by atoms with E-state index >= 15 is 0 Å². The lowest BCUT2D eigenvalue weighted by atomic mass is 10.0. The van der Waals surface area contributed by atoms with Crippen molar-refractivity contribution in [3.05, 3.63) is 65.7 Å². The fourth-order valence-electron chi connectivity index (χ4n) is 3.55. The Hall–Kier alpha value is -3.70. The van der Waals surface area contributed by atoms with Gasteiger partial charge in [0.1, 0.15) is 17.7 Å². The highest BCUT2D eigenvalue weighted by molar-refractivity contribution is 5.89. The molecule has 0 fully saturated rings. The summed E-state index contributed by atoms with van der Waals surface area (Å²) < 4.78 is 43.3. The number of carbonyl (C=O) groups is 2. The van der Waals surface area contributed by atoms with Gasteiger partial charge < -0.3 is 35.3 Å². The van der Waals surface area contributed by atoms with Crippen LogP contribution in [-0.4, -0.2) is 48.7 Å². The van der Waals surface area contributed by atoms with Crippen LogP contribution < -0.4 is 25.4 Å². The highest BCUT2D eigenvalue weighted by Crippen LogP contribution is 2.32. The van der Waals surface area contributed by atoms with Gasteiger partial charge >= 0.3 is 6.03 Å². The summed E-state index contributed by atoms with van der Waals surface area (Å²) in [5.74, 6) is -0.486. The number of amides is 3. The number of aliphatic hydroxyl groups is 1. The van der Waals surface area contributed by atoms with Gasteiger partial charge in [-0.25, -0.2) is 13.6 Å². The van der Waals surface area contributed by atoms with Gasteiger partial charge in [-0.2, -0.15) is 0 Å². The zero-order chi connectivity index (χ0) is 24.1. The Balaban J connectivity index is 1.27. The number of anilines is 1. The molecule has 0 radical (unpaired) electrons. The predicted octanol–water partition coefficient (Wildman–Crippen LogP) is 2.21. The number of carbonyl (C=O) groups excluding carboxylic acids is 2. The third-order valence-electron chi connectivity index (χ3n) is 5.25. The van der Waals surface area contributed by atoms with E-state index in [-0.39, 0.29) is 31.4 Å². The maximum absolute atomic E-state index is 13.7. The smallest absolute Gasteiger partial charge is 0.319 e. The molecule has 34 heavy (non-hydrogen) atoms. The number of nitrogens with one attached hydrogen (secondary N) is 3. The van der Waals surface area contributed by atoms with E-state index in [1.807, 2.05) is 6.07 Å². The normalized spacial score (nSPS) is 20.6. The molecule has 2 aromatic rings. The molecule has 0 unspecified atom stereocenters. The third-order valence-corrected chi connectivity index (χ3v) is 5.25. The van der Waals surface area contributed by atoms with E-state index in [0.29, 0.717) is 11.5 Å². The molecule has 2 aromatic carbocycles. The van der Waals surface area contributed by atoms with Crippen molar-refractivity contribution < 1.29 is 37.7 Å².